The molecule has 0 atom stereocenters. The Hall–Kier alpha value is -2.28. The Balaban J connectivity index is 2.79. The summed E-state index contributed by atoms with van der Waals surface area (Å²) < 4.78 is 18.4. The van der Waals surface area contributed by atoms with Crippen molar-refractivity contribution in [1.29, 1.82) is 0 Å². The number of hydrogen-bond donors (Lipinski definition) is 0. The minimum Gasteiger partial charge on any atom is -0.465 e. The third-order valence-electron chi connectivity index (χ3n) is 2.66. The summed E-state index contributed by atoms with van der Waals surface area (Å²) in [5, 5.41) is 10.6. The van der Waals surface area contributed by atoms with Crippen molar-refractivity contribution in [1.82, 2.24) is 4.90 Å². The molecule has 0 aliphatic rings. The van der Waals surface area contributed by atoms with E-state index in [1.54, 1.807) is 17.9 Å². The summed E-state index contributed by atoms with van der Waals surface area (Å²) in [7, 11) is 0. The van der Waals surface area contributed by atoms with Gasteiger partial charge in [-0.05, 0) is 18.6 Å². The average Bonchev–Trinajstić information content (AvgIpc) is 2.38. The van der Waals surface area contributed by atoms with E-state index >= 15 is 0 Å². The highest BCUT2D eigenvalue weighted by Gasteiger charge is 2.16. The van der Waals surface area contributed by atoms with Crippen LogP contribution >= 0.6 is 0 Å². The lowest BCUT2D eigenvalue weighted by Crippen LogP contribution is -2.30. The van der Waals surface area contributed by atoms with Gasteiger partial charge in [-0.3, -0.25) is 19.8 Å². The molecule has 6 nitrogen and oxygen atoms in total. The third-order valence-corrected chi connectivity index (χ3v) is 2.66. The van der Waals surface area contributed by atoms with Crippen molar-refractivity contribution in [3.63, 3.8) is 0 Å². The van der Waals surface area contributed by atoms with Gasteiger partial charge in [0.25, 0.3) is 0 Å². The van der Waals surface area contributed by atoms with E-state index in [0.29, 0.717) is 12.1 Å². The van der Waals surface area contributed by atoms with Crippen LogP contribution in [0.1, 0.15) is 12.5 Å². The Morgan fingerprint density at radius 2 is 2.29 bits per heavy atom. The molecule has 21 heavy (non-hydrogen) atoms. The largest absolute Gasteiger partial charge is 0.465 e. The van der Waals surface area contributed by atoms with Gasteiger partial charge in [0.05, 0.1) is 18.1 Å². The molecule has 0 saturated carbocycles. The fourth-order valence-corrected chi connectivity index (χ4v) is 1.81. The molecule has 0 amide bonds. The minimum absolute atomic E-state index is 0.0401. The number of nitro benzene ring substituents is 1. The van der Waals surface area contributed by atoms with Crippen molar-refractivity contribution >= 4 is 11.7 Å². The molecule has 0 radical (unpaired) electrons. The van der Waals surface area contributed by atoms with Gasteiger partial charge in [0.15, 0.2) is 0 Å². The van der Waals surface area contributed by atoms with Gasteiger partial charge in [-0.2, -0.15) is 4.39 Å². The molecular formula is C14H17FN2O4. The maximum atomic E-state index is 13.5. The number of esters is 1. The molecule has 7 heteroatoms. The topological polar surface area (TPSA) is 72.7 Å². The molecule has 0 N–H and O–H groups in total. The standard InChI is InChI=1S/C14H17FN2O4/c1-3-7-16(10-14(18)21-4-2)9-11-5-6-13(17(19)20)12(15)8-11/h3,5-6,8H,1,4,7,9-10H2,2H3. The van der Waals surface area contributed by atoms with Crippen molar-refractivity contribution in [2.24, 2.45) is 0 Å². The van der Waals surface area contributed by atoms with Gasteiger partial charge in [0.2, 0.25) is 5.82 Å². The molecule has 0 bridgehead atoms. The normalized spacial score (nSPS) is 10.4. The molecule has 1 aromatic carbocycles. The summed E-state index contributed by atoms with van der Waals surface area (Å²) in [4.78, 5) is 22.9. The summed E-state index contributed by atoms with van der Waals surface area (Å²) in [5.41, 5.74) is -0.0383. The molecule has 0 aromatic heterocycles. The number of carbonyl (C=O) groups is 1. The van der Waals surface area contributed by atoms with E-state index in [1.807, 2.05) is 0 Å². The predicted octanol–water partition coefficient (Wildman–Crippen LogP) is 2.29. The Morgan fingerprint density at radius 1 is 1.57 bits per heavy atom. The highest BCUT2D eigenvalue weighted by molar-refractivity contribution is 5.71. The fourth-order valence-electron chi connectivity index (χ4n) is 1.81. The van der Waals surface area contributed by atoms with E-state index in [9.17, 15) is 19.3 Å². The van der Waals surface area contributed by atoms with E-state index in [-0.39, 0.29) is 25.7 Å². The molecular weight excluding hydrogens is 279 g/mol. The van der Waals surface area contributed by atoms with Gasteiger partial charge in [-0.15, -0.1) is 6.58 Å². The van der Waals surface area contributed by atoms with Crippen LogP contribution in [0, 0.1) is 15.9 Å². The predicted molar refractivity (Wildman–Crippen MR) is 75.2 cm³/mol. The number of benzene rings is 1. The molecule has 0 fully saturated rings. The molecule has 0 aliphatic carbocycles. The van der Waals surface area contributed by atoms with Crippen molar-refractivity contribution in [2.45, 2.75) is 13.5 Å². The maximum Gasteiger partial charge on any atom is 0.320 e. The SMILES string of the molecule is C=CCN(CC(=O)OCC)Cc1ccc([N+](=O)[O-])c(F)c1. The lowest BCUT2D eigenvalue weighted by atomic mass is 10.2. The minimum atomic E-state index is -0.896. The summed E-state index contributed by atoms with van der Waals surface area (Å²) in [6.07, 6.45) is 1.61. The van der Waals surface area contributed by atoms with E-state index in [2.05, 4.69) is 6.58 Å². The zero-order valence-corrected chi connectivity index (χ0v) is 11.8. The molecule has 0 heterocycles. The van der Waals surface area contributed by atoms with Crippen LogP contribution < -0.4 is 0 Å². The summed E-state index contributed by atoms with van der Waals surface area (Å²) >= 11 is 0. The van der Waals surface area contributed by atoms with Crippen LogP contribution in [0.3, 0.4) is 0 Å². The van der Waals surface area contributed by atoms with E-state index in [1.165, 1.54) is 6.07 Å². The Bertz CT molecular complexity index is 534. The molecule has 0 spiro atoms. The quantitative estimate of drug-likeness (QED) is 0.318. The molecule has 0 saturated heterocycles. The van der Waals surface area contributed by atoms with Gasteiger partial charge >= 0.3 is 11.7 Å². The lowest BCUT2D eigenvalue weighted by molar-refractivity contribution is -0.387. The summed E-state index contributed by atoms with van der Waals surface area (Å²) in [6, 6.07) is 3.67. The first-order valence-electron chi connectivity index (χ1n) is 6.39. The first kappa shape index (κ1) is 16.8. The third kappa shape index (κ3) is 5.31. The van der Waals surface area contributed by atoms with Gasteiger partial charge in [0, 0.05) is 19.2 Å². The van der Waals surface area contributed by atoms with E-state index < -0.39 is 16.4 Å². The number of ether oxygens (including phenoxy) is 1. The number of halogens is 1. The molecule has 1 rings (SSSR count). The second-order valence-electron chi connectivity index (χ2n) is 4.31. The Morgan fingerprint density at radius 3 is 2.81 bits per heavy atom. The highest BCUT2D eigenvalue weighted by atomic mass is 19.1. The number of nitrogens with zero attached hydrogens (tertiary/aromatic N) is 2. The first-order chi connectivity index (χ1) is 9.97. The van der Waals surface area contributed by atoms with Crippen LogP contribution in [-0.2, 0) is 16.1 Å². The van der Waals surface area contributed by atoms with E-state index in [0.717, 1.165) is 12.1 Å². The molecule has 114 valence electrons. The van der Waals surface area contributed by atoms with Crippen LogP contribution in [0.15, 0.2) is 30.9 Å². The zero-order chi connectivity index (χ0) is 15.8. The number of nitro groups is 1. The average molecular weight is 296 g/mol. The monoisotopic (exact) mass is 296 g/mol. The van der Waals surface area contributed by atoms with Gasteiger partial charge in [0.1, 0.15) is 0 Å². The van der Waals surface area contributed by atoms with Crippen molar-refractivity contribution in [3.05, 3.63) is 52.3 Å². The van der Waals surface area contributed by atoms with Gasteiger partial charge < -0.3 is 4.74 Å². The van der Waals surface area contributed by atoms with Crippen LogP contribution in [0.2, 0.25) is 0 Å². The second kappa shape index (κ2) is 8.11. The smallest absolute Gasteiger partial charge is 0.320 e. The number of hydrogen-bond acceptors (Lipinski definition) is 5. The lowest BCUT2D eigenvalue weighted by Gasteiger charge is -2.19. The zero-order valence-electron chi connectivity index (χ0n) is 11.8. The van der Waals surface area contributed by atoms with Gasteiger partial charge in [-0.25, -0.2) is 0 Å². The van der Waals surface area contributed by atoms with Gasteiger partial charge in [-0.1, -0.05) is 12.1 Å². The van der Waals surface area contributed by atoms with Crippen molar-refractivity contribution in [3.8, 4) is 0 Å². The summed E-state index contributed by atoms with van der Waals surface area (Å²) in [6.45, 7) is 6.31. The van der Waals surface area contributed by atoms with E-state index in [4.69, 9.17) is 4.74 Å². The van der Waals surface area contributed by atoms with Crippen LogP contribution in [-0.4, -0.2) is 35.5 Å². The number of carbonyl (C=O) groups excluding carboxylic acids is 1. The second-order valence-corrected chi connectivity index (χ2v) is 4.31. The first-order valence-corrected chi connectivity index (χ1v) is 6.39. The fraction of sp³-hybridized carbons (Fsp3) is 0.357. The molecule has 1 aromatic rings. The maximum absolute atomic E-state index is 13.5. The highest BCUT2D eigenvalue weighted by Crippen LogP contribution is 2.19. The summed E-state index contributed by atoms with van der Waals surface area (Å²) in [5.74, 6) is -1.28. The molecule has 0 unspecified atom stereocenters. The van der Waals surface area contributed by atoms with Crippen LogP contribution in [0.4, 0.5) is 10.1 Å². The van der Waals surface area contributed by atoms with Crippen LogP contribution in [0.25, 0.3) is 0 Å². The number of rotatable bonds is 8. The Labute approximate surface area is 122 Å². The van der Waals surface area contributed by atoms with Crippen LogP contribution in [0.5, 0.6) is 0 Å². The van der Waals surface area contributed by atoms with Crippen molar-refractivity contribution in [2.75, 3.05) is 19.7 Å². The van der Waals surface area contributed by atoms with Crippen molar-refractivity contribution < 1.29 is 18.8 Å². The molecule has 0 aliphatic heterocycles. The Kier molecular flexibility index (Phi) is 6.48.